The number of allylic oxidation sites excluding steroid dienone is 3. The lowest BCUT2D eigenvalue weighted by Gasteiger charge is -2.01. The number of hydrogen-bond donors (Lipinski definition) is 0. The molecule has 20 heavy (non-hydrogen) atoms. The second-order valence-electron chi connectivity index (χ2n) is 6.05. The molecule has 0 spiro atoms. The van der Waals surface area contributed by atoms with E-state index < -0.39 is 0 Å². The molecule has 0 nitrogen and oxygen atoms in total. The fourth-order valence-electron chi connectivity index (χ4n) is 2.47. The molecular weight excluding hydrogens is 240 g/mol. The summed E-state index contributed by atoms with van der Waals surface area (Å²) in [6.45, 7) is 10.5. The summed E-state index contributed by atoms with van der Waals surface area (Å²) in [5.74, 6) is 0. The zero-order chi connectivity index (χ0) is 14.9. The Balaban J connectivity index is 3.23. The van der Waals surface area contributed by atoms with E-state index in [1.165, 1.54) is 83.5 Å². The average molecular weight is 278 g/mol. The molecule has 0 aromatic rings. The van der Waals surface area contributed by atoms with Crippen molar-refractivity contribution in [3.63, 3.8) is 0 Å². The largest absolute Gasteiger partial charge is 0.0843 e. The number of rotatable bonds is 15. The SMILES string of the molecule is [CH]=C(C=CCCCCCCCCCC)CCCCCC. The van der Waals surface area contributed by atoms with Crippen LogP contribution in [0.25, 0.3) is 0 Å². The standard InChI is InChI=1S/C20H37/c1-4-6-8-10-11-12-13-14-15-17-19-20(3)18-16-9-7-5-2/h3,17,19H,4-16,18H2,1-2H3. The highest BCUT2D eigenvalue weighted by Gasteiger charge is 1.92. The van der Waals surface area contributed by atoms with Gasteiger partial charge in [-0.15, -0.1) is 0 Å². The molecule has 0 N–H and O–H groups in total. The van der Waals surface area contributed by atoms with Crippen LogP contribution in [0.15, 0.2) is 17.7 Å². The van der Waals surface area contributed by atoms with Gasteiger partial charge in [0.1, 0.15) is 0 Å². The van der Waals surface area contributed by atoms with Crippen LogP contribution < -0.4 is 0 Å². The Morgan fingerprint density at radius 2 is 1.20 bits per heavy atom. The lowest BCUT2D eigenvalue weighted by molar-refractivity contribution is 0.577. The minimum Gasteiger partial charge on any atom is -0.0843 e. The molecule has 0 heteroatoms. The van der Waals surface area contributed by atoms with E-state index in [0.29, 0.717) is 0 Å². The van der Waals surface area contributed by atoms with Crippen molar-refractivity contribution in [2.75, 3.05) is 0 Å². The summed E-state index contributed by atoms with van der Waals surface area (Å²) in [4.78, 5) is 0. The van der Waals surface area contributed by atoms with Crippen molar-refractivity contribution in [2.45, 2.75) is 104 Å². The van der Waals surface area contributed by atoms with E-state index >= 15 is 0 Å². The van der Waals surface area contributed by atoms with Gasteiger partial charge in [-0.1, -0.05) is 96.8 Å². The van der Waals surface area contributed by atoms with Gasteiger partial charge in [0.15, 0.2) is 0 Å². The van der Waals surface area contributed by atoms with Crippen LogP contribution >= 0.6 is 0 Å². The first-order valence-electron chi connectivity index (χ1n) is 9.09. The second kappa shape index (κ2) is 16.5. The third kappa shape index (κ3) is 15.5. The minimum atomic E-state index is 1.07. The highest BCUT2D eigenvalue weighted by atomic mass is 14.0. The molecule has 117 valence electrons. The van der Waals surface area contributed by atoms with Crippen LogP contribution in [-0.4, -0.2) is 0 Å². The normalized spacial score (nSPS) is 11.3. The zero-order valence-electron chi connectivity index (χ0n) is 14.1. The molecule has 0 amide bonds. The van der Waals surface area contributed by atoms with Crippen molar-refractivity contribution in [3.8, 4) is 0 Å². The Bertz CT molecular complexity index is 224. The summed E-state index contributed by atoms with van der Waals surface area (Å²) in [5, 5.41) is 0. The lowest BCUT2D eigenvalue weighted by atomic mass is 10.1. The third-order valence-electron chi connectivity index (χ3n) is 3.88. The van der Waals surface area contributed by atoms with E-state index in [1.54, 1.807) is 0 Å². The molecule has 0 aliphatic rings. The van der Waals surface area contributed by atoms with Crippen LogP contribution in [0.1, 0.15) is 104 Å². The lowest BCUT2D eigenvalue weighted by Crippen LogP contribution is -1.81. The predicted molar refractivity (Wildman–Crippen MR) is 92.9 cm³/mol. The van der Waals surface area contributed by atoms with Gasteiger partial charge in [-0.05, 0) is 31.3 Å². The molecule has 0 aromatic heterocycles. The molecule has 0 aromatic carbocycles. The number of unbranched alkanes of at least 4 members (excludes halogenated alkanes) is 11. The number of hydrogen-bond acceptors (Lipinski definition) is 0. The van der Waals surface area contributed by atoms with Gasteiger partial charge in [-0.2, -0.15) is 0 Å². The Labute approximate surface area is 128 Å². The molecule has 0 saturated carbocycles. The highest BCUT2D eigenvalue weighted by molar-refractivity contribution is 5.12. The van der Waals surface area contributed by atoms with Crippen LogP contribution in [0.3, 0.4) is 0 Å². The molecule has 0 saturated heterocycles. The Hall–Kier alpha value is -0.520. The maximum Gasteiger partial charge on any atom is -0.0279 e. The van der Waals surface area contributed by atoms with E-state index in [1.807, 2.05) is 0 Å². The van der Waals surface area contributed by atoms with E-state index in [4.69, 9.17) is 6.58 Å². The predicted octanol–water partition coefficient (Wildman–Crippen LogP) is 7.40. The van der Waals surface area contributed by atoms with Gasteiger partial charge >= 0.3 is 0 Å². The molecule has 0 aliphatic carbocycles. The zero-order valence-corrected chi connectivity index (χ0v) is 14.1. The topological polar surface area (TPSA) is 0 Å². The van der Waals surface area contributed by atoms with Crippen LogP contribution in [0, 0.1) is 6.58 Å². The summed E-state index contributed by atoms with van der Waals surface area (Å²) >= 11 is 0. The van der Waals surface area contributed by atoms with Crippen molar-refractivity contribution < 1.29 is 0 Å². The van der Waals surface area contributed by atoms with Crippen LogP contribution in [0.4, 0.5) is 0 Å². The quantitative estimate of drug-likeness (QED) is 0.216. The Morgan fingerprint density at radius 1 is 0.700 bits per heavy atom. The molecule has 0 rings (SSSR count). The summed E-state index contributed by atoms with van der Waals surface area (Å²) in [5.41, 5.74) is 1.07. The van der Waals surface area contributed by atoms with Gasteiger partial charge in [0, 0.05) is 0 Å². The smallest absolute Gasteiger partial charge is 0.0279 e. The Kier molecular flexibility index (Phi) is 16.1. The maximum atomic E-state index is 5.99. The van der Waals surface area contributed by atoms with Gasteiger partial charge in [-0.25, -0.2) is 0 Å². The van der Waals surface area contributed by atoms with Crippen molar-refractivity contribution in [1.82, 2.24) is 0 Å². The van der Waals surface area contributed by atoms with Gasteiger partial charge in [0.05, 0.1) is 0 Å². The molecule has 0 atom stereocenters. The van der Waals surface area contributed by atoms with Crippen molar-refractivity contribution in [2.24, 2.45) is 0 Å². The molecule has 1 radical (unpaired) electrons. The first-order chi connectivity index (χ1) is 9.81. The van der Waals surface area contributed by atoms with Crippen molar-refractivity contribution in [3.05, 3.63) is 24.3 Å². The van der Waals surface area contributed by atoms with Gasteiger partial charge < -0.3 is 0 Å². The summed E-state index contributed by atoms with van der Waals surface area (Å²) in [7, 11) is 0. The fraction of sp³-hybridized carbons (Fsp3) is 0.800. The average Bonchev–Trinajstić information content (AvgIpc) is 2.45. The van der Waals surface area contributed by atoms with Gasteiger partial charge in [0.25, 0.3) is 0 Å². The van der Waals surface area contributed by atoms with Gasteiger partial charge in [0.2, 0.25) is 0 Å². The van der Waals surface area contributed by atoms with Crippen molar-refractivity contribution in [1.29, 1.82) is 0 Å². The fourth-order valence-corrected chi connectivity index (χ4v) is 2.47. The summed E-state index contributed by atoms with van der Waals surface area (Å²) in [6.07, 6.45) is 23.1. The molecule has 0 heterocycles. The van der Waals surface area contributed by atoms with Crippen LogP contribution in [-0.2, 0) is 0 Å². The molecule has 0 fully saturated rings. The summed E-state index contributed by atoms with van der Waals surface area (Å²) in [6, 6.07) is 0. The van der Waals surface area contributed by atoms with E-state index in [-0.39, 0.29) is 0 Å². The van der Waals surface area contributed by atoms with Crippen LogP contribution in [0.5, 0.6) is 0 Å². The third-order valence-corrected chi connectivity index (χ3v) is 3.88. The summed E-state index contributed by atoms with van der Waals surface area (Å²) < 4.78 is 0. The molecular formula is C20H37. The van der Waals surface area contributed by atoms with Crippen molar-refractivity contribution >= 4 is 0 Å². The van der Waals surface area contributed by atoms with Gasteiger partial charge in [-0.3, -0.25) is 0 Å². The first kappa shape index (κ1) is 19.5. The Morgan fingerprint density at radius 3 is 1.80 bits per heavy atom. The van der Waals surface area contributed by atoms with Crippen LogP contribution in [0.2, 0.25) is 0 Å². The van der Waals surface area contributed by atoms with E-state index in [2.05, 4.69) is 26.0 Å². The molecule has 0 bridgehead atoms. The molecule has 0 aliphatic heterocycles. The van der Waals surface area contributed by atoms with E-state index in [0.717, 1.165) is 12.0 Å². The molecule has 0 unspecified atom stereocenters. The second-order valence-corrected chi connectivity index (χ2v) is 6.05. The highest BCUT2D eigenvalue weighted by Crippen LogP contribution is 2.12. The monoisotopic (exact) mass is 277 g/mol. The minimum absolute atomic E-state index is 1.07. The maximum absolute atomic E-state index is 5.99. The first-order valence-corrected chi connectivity index (χ1v) is 9.09. The van der Waals surface area contributed by atoms with E-state index in [9.17, 15) is 0 Å².